The van der Waals surface area contributed by atoms with E-state index in [1.807, 2.05) is 19.1 Å². The van der Waals surface area contributed by atoms with Crippen LogP contribution in [0.3, 0.4) is 0 Å². The summed E-state index contributed by atoms with van der Waals surface area (Å²) in [6.45, 7) is 2.02. The highest BCUT2D eigenvalue weighted by molar-refractivity contribution is 5.81. The third-order valence-corrected chi connectivity index (χ3v) is 5.30. The first kappa shape index (κ1) is 20.4. The van der Waals surface area contributed by atoms with Gasteiger partial charge in [0.1, 0.15) is 28.8 Å². The first-order chi connectivity index (χ1) is 14.1. The number of alkyl halides is 3. The summed E-state index contributed by atoms with van der Waals surface area (Å²) in [5, 5.41) is 0. The quantitative estimate of drug-likeness (QED) is 0.300. The number of fused-ring (bicyclic) bond motifs is 3. The molecule has 30 heavy (non-hydrogen) atoms. The molecule has 0 N–H and O–H groups in total. The van der Waals surface area contributed by atoms with Gasteiger partial charge in [0.25, 0.3) is 0 Å². The lowest BCUT2D eigenvalue weighted by atomic mass is 9.96. The van der Waals surface area contributed by atoms with Gasteiger partial charge in [-0.15, -0.1) is 0 Å². The molecule has 1 aliphatic carbocycles. The fourth-order valence-electron chi connectivity index (χ4n) is 4.02. The van der Waals surface area contributed by atoms with Crippen LogP contribution in [0.15, 0.2) is 36.4 Å². The highest BCUT2D eigenvalue weighted by Crippen LogP contribution is 2.43. The summed E-state index contributed by atoms with van der Waals surface area (Å²) >= 11 is 0. The van der Waals surface area contributed by atoms with Gasteiger partial charge in [-0.3, -0.25) is 0 Å². The lowest BCUT2D eigenvalue weighted by Crippen LogP contribution is -2.12. The van der Waals surface area contributed by atoms with E-state index < -0.39 is 46.1 Å². The smallest absolute Gasteiger partial charge is 0.206 e. The molecular weight excluding hydrogens is 409 g/mol. The molecule has 1 aliphatic rings. The number of halogens is 7. The van der Waals surface area contributed by atoms with Gasteiger partial charge >= 0.3 is 6.18 Å². The van der Waals surface area contributed by atoms with Crippen LogP contribution in [0.4, 0.5) is 30.7 Å². The van der Waals surface area contributed by atoms with Crippen molar-refractivity contribution in [1.29, 1.82) is 0 Å². The van der Waals surface area contributed by atoms with Crippen molar-refractivity contribution in [2.45, 2.75) is 32.4 Å². The van der Waals surface area contributed by atoms with E-state index in [2.05, 4.69) is 0 Å². The van der Waals surface area contributed by atoms with Crippen LogP contribution in [0.2, 0.25) is 0 Å². The highest BCUT2D eigenvalue weighted by atomic mass is 19.4. The topological polar surface area (TPSA) is 0 Å². The molecule has 0 bridgehead atoms. The first-order valence-corrected chi connectivity index (χ1v) is 9.31. The maximum Gasteiger partial charge on any atom is 0.422 e. The van der Waals surface area contributed by atoms with Crippen LogP contribution in [0.25, 0.3) is 22.3 Å². The second kappa shape index (κ2) is 7.15. The normalized spacial score (nSPS) is 12.8. The number of rotatable bonds is 3. The lowest BCUT2D eigenvalue weighted by molar-refractivity contribution is -0.142. The van der Waals surface area contributed by atoms with E-state index in [-0.39, 0.29) is 12.0 Å². The third kappa shape index (κ3) is 3.26. The summed E-state index contributed by atoms with van der Waals surface area (Å²) in [6.07, 6.45) is -3.35. The van der Waals surface area contributed by atoms with E-state index in [0.29, 0.717) is 23.3 Å². The van der Waals surface area contributed by atoms with Crippen LogP contribution in [-0.2, 0) is 19.0 Å². The standard InChI is InChI=1S/C23H15F7/c1-2-3-11-4-5-14-12(6-11)7-16-15(14)10-17(24)20(22(16)27)13-8-18(25)21(19(26)9-13)23(28,29)30/h4-6,8-10H,2-3,7H2,1H3. The molecule has 3 aromatic carbocycles. The van der Waals surface area contributed by atoms with Crippen molar-refractivity contribution < 1.29 is 30.7 Å². The summed E-state index contributed by atoms with van der Waals surface area (Å²) < 4.78 is 96.3. The zero-order valence-corrected chi connectivity index (χ0v) is 15.7. The largest absolute Gasteiger partial charge is 0.422 e. The third-order valence-electron chi connectivity index (χ3n) is 5.30. The predicted octanol–water partition coefficient (Wildman–Crippen LogP) is 7.45. The van der Waals surface area contributed by atoms with Crippen molar-refractivity contribution in [3.63, 3.8) is 0 Å². The van der Waals surface area contributed by atoms with Crippen LogP contribution in [0.5, 0.6) is 0 Å². The SMILES string of the molecule is CCCc1ccc2c(c1)Cc1c-2cc(F)c(-c2cc(F)c(C(F)(F)F)c(F)c2)c1F. The molecule has 0 aliphatic heterocycles. The van der Waals surface area contributed by atoms with Crippen molar-refractivity contribution in [3.05, 3.63) is 81.9 Å². The number of hydrogen-bond donors (Lipinski definition) is 0. The maximum atomic E-state index is 15.2. The fourth-order valence-corrected chi connectivity index (χ4v) is 4.02. The zero-order chi connectivity index (χ0) is 21.8. The molecular formula is C23H15F7. The first-order valence-electron chi connectivity index (χ1n) is 9.31. The van der Waals surface area contributed by atoms with Crippen LogP contribution in [-0.4, -0.2) is 0 Å². The summed E-state index contributed by atoms with van der Waals surface area (Å²) in [6, 6.07) is 7.24. The minimum atomic E-state index is -5.26. The van der Waals surface area contributed by atoms with E-state index in [9.17, 15) is 26.3 Å². The fraction of sp³-hybridized carbons (Fsp3) is 0.217. The maximum absolute atomic E-state index is 15.2. The molecule has 0 saturated carbocycles. The van der Waals surface area contributed by atoms with Gasteiger partial charge in [-0.2, -0.15) is 13.2 Å². The zero-order valence-electron chi connectivity index (χ0n) is 15.7. The molecule has 0 fully saturated rings. The molecule has 156 valence electrons. The predicted molar refractivity (Wildman–Crippen MR) is 98.9 cm³/mol. The van der Waals surface area contributed by atoms with E-state index in [1.165, 1.54) is 0 Å². The van der Waals surface area contributed by atoms with Gasteiger partial charge in [0.05, 0.1) is 5.56 Å². The monoisotopic (exact) mass is 424 g/mol. The van der Waals surface area contributed by atoms with Gasteiger partial charge in [-0.05, 0) is 52.4 Å². The van der Waals surface area contributed by atoms with Gasteiger partial charge in [-0.1, -0.05) is 31.5 Å². The van der Waals surface area contributed by atoms with Crippen molar-refractivity contribution in [3.8, 4) is 22.3 Å². The van der Waals surface area contributed by atoms with Crippen molar-refractivity contribution in [2.24, 2.45) is 0 Å². The molecule has 0 saturated heterocycles. The van der Waals surface area contributed by atoms with Gasteiger partial charge in [0.15, 0.2) is 0 Å². The highest BCUT2D eigenvalue weighted by Gasteiger charge is 2.38. The minimum absolute atomic E-state index is 0.149. The summed E-state index contributed by atoms with van der Waals surface area (Å²) in [5.41, 5.74) is -0.466. The van der Waals surface area contributed by atoms with Crippen molar-refractivity contribution in [1.82, 2.24) is 0 Å². The average Bonchev–Trinajstić information content (AvgIpc) is 2.98. The molecule has 0 heterocycles. The van der Waals surface area contributed by atoms with Crippen molar-refractivity contribution in [2.75, 3.05) is 0 Å². The molecule has 3 aromatic rings. The van der Waals surface area contributed by atoms with E-state index in [4.69, 9.17) is 0 Å². The Bertz CT molecular complexity index is 1140. The second-order valence-corrected chi connectivity index (χ2v) is 7.30. The number of aryl methyl sites for hydroxylation is 1. The summed E-state index contributed by atoms with van der Waals surface area (Å²) in [4.78, 5) is 0. The Morgan fingerprint density at radius 2 is 1.50 bits per heavy atom. The Labute approximate surface area is 168 Å². The molecule has 0 unspecified atom stereocenters. The number of hydrogen-bond acceptors (Lipinski definition) is 0. The summed E-state index contributed by atoms with van der Waals surface area (Å²) in [7, 11) is 0. The molecule has 0 atom stereocenters. The lowest BCUT2D eigenvalue weighted by Gasteiger charge is -2.14. The molecule has 0 aromatic heterocycles. The Morgan fingerprint density at radius 1 is 0.833 bits per heavy atom. The molecule has 0 spiro atoms. The number of benzene rings is 3. The van der Waals surface area contributed by atoms with Gasteiger partial charge in [0, 0.05) is 12.0 Å². The minimum Gasteiger partial charge on any atom is -0.206 e. The average molecular weight is 424 g/mol. The summed E-state index contributed by atoms with van der Waals surface area (Å²) in [5.74, 6) is -5.99. The molecule has 7 heteroatoms. The van der Waals surface area contributed by atoms with E-state index in [1.54, 1.807) is 6.07 Å². The molecule has 0 radical (unpaired) electrons. The van der Waals surface area contributed by atoms with E-state index >= 15 is 4.39 Å². The Balaban J connectivity index is 1.84. The van der Waals surface area contributed by atoms with Gasteiger partial charge in [0.2, 0.25) is 0 Å². The van der Waals surface area contributed by atoms with E-state index in [0.717, 1.165) is 30.0 Å². The Hall–Kier alpha value is -2.83. The van der Waals surface area contributed by atoms with Crippen LogP contribution in [0, 0.1) is 23.3 Å². The van der Waals surface area contributed by atoms with Crippen LogP contribution in [0.1, 0.15) is 35.6 Å². The van der Waals surface area contributed by atoms with Crippen molar-refractivity contribution >= 4 is 0 Å². The van der Waals surface area contributed by atoms with Crippen LogP contribution < -0.4 is 0 Å². The Kier molecular flexibility index (Phi) is 4.87. The van der Waals surface area contributed by atoms with Crippen LogP contribution >= 0.6 is 0 Å². The Morgan fingerprint density at radius 3 is 2.10 bits per heavy atom. The second-order valence-electron chi connectivity index (χ2n) is 7.30. The molecule has 4 rings (SSSR count). The van der Waals surface area contributed by atoms with Gasteiger partial charge in [-0.25, -0.2) is 17.6 Å². The van der Waals surface area contributed by atoms with Gasteiger partial charge < -0.3 is 0 Å². The molecule has 0 amide bonds. The molecule has 0 nitrogen and oxygen atoms in total.